The molecule has 2 heterocycles. The fourth-order valence-corrected chi connectivity index (χ4v) is 3.55. The Labute approximate surface area is 162 Å². The number of nitrogens with one attached hydrogen (secondary N) is 1. The van der Waals surface area contributed by atoms with E-state index >= 15 is 0 Å². The highest BCUT2D eigenvalue weighted by Gasteiger charge is 2.12. The normalized spacial score (nSPS) is 11.6. The third-order valence-corrected chi connectivity index (χ3v) is 5.42. The van der Waals surface area contributed by atoms with Crippen LogP contribution in [0.15, 0.2) is 71.6 Å². The number of pyridine rings is 1. The molecule has 8 heteroatoms. The zero-order valence-electron chi connectivity index (χ0n) is 15.1. The van der Waals surface area contributed by atoms with Crippen LogP contribution in [0.1, 0.15) is 5.56 Å². The Balaban J connectivity index is 1.73. The number of anilines is 2. The van der Waals surface area contributed by atoms with Crippen LogP contribution in [0.25, 0.3) is 16.9 Å². The molecule has 4 aromatic rings. The minimum Gasteiger partial charge on any atom is -0.392 e. The molecule has 2 aromatic carbocycles. The molecule has 0 saturated heterocycles. The van der Waals surface area contributed by atoms with Gasteiger partial charge in [0.2, 0.25) is 5.95 Å². The Kier molecular flexibility index (Phi) is 4.58. The second kappa shape index (κ2) is 7.06. The second-order valence-corrected chi connectivity index (χ2v) is 8.41. The third-order valence-electron chi connectivity index (χ3n) is 4.31. The van der Waals surface area contributed by atoms with Crippen molar-refractivity contribution < 1.29 is 13.5 Å². The molecule has 0 radical (unpaired) electrons. The lowest BCUT2D eigenvalue weighted by Crippen LogP contribution is -1.99. The number of aliphatic hydroxyl groups is 1. The fourth-order valence-electron chi connectivity index (χ4n) is 2.89. The Bertz CT molecular complexity index is 1250. The van der Waals surface area contributed by atoms with Crippen LogP contribution in [0.2, 0.25) is 0 Å². The van der Waals surface area contributed by atoms with Crippen LogP contribution in [-0.4, -0.2) is 34.4 Å². The number of sulfone groups is 1. The third kappa shape index (κ3) is 3.60. The molecule has 0 spiro atoms. The molecular weight excluding hydrogens is 376 g/mol. The van der Waals surface area contributed by atoms with E-state index in [1.165, 1.54) is 6.26 Å². The van der Waals surface area contributed by atoms with Crippen molar-refractivity contribution in [3.8, 4) is 11.3 Å². The van der Waals surface area contributed by atoms with Crippen LogP contribution in [-0.2, 0) is 16.4 Å². The van der Waals surface area contributed by atoms with Gasteiger partial charge >= 0.3 is 0 Å². The van der Waals surface area contributed by atoms with Gasteiger partial charge in [0.05, 0.1) is 17.2 Å². The highest BCUT2D eigenvalue weighted by molar-refractivity contribution is 7.90. The number of hydrogen-bond acceptors (Lipinski definition) is 6. The molecule has 0 aliphatic rings. The molecular formula is C20H18N4O3S. The average Bonchev–Trinajstić information content (AvgIpc) is 3.10. The zero-order valence-corrected chi connectivity index (χ0v) is 15.9. The fraction of sp³-hybridized carbons (Fsp3) is 0.100. The summed E-state index contributed by atoms with van der Waals surface area (Å²) in [6.07, 6.45) is 1.19. The van der Waals surface area contributed by atoms with Crippen LogP contribution in [0, 0.1) is 0 Å². The number of aromatic nitrogens is 3. The van der Waals surface area contributed by atoms with E-state index in [-0.39, 0.29) is 11.5 Å². The summed E-state index contributed by atoms with van der Waals surface area (Å²) in [5.41, 5.74) is 3.73. The Morgan fingerprint density at radius 1 is 1.04 bits per heavy atom. The summed E-state index contributed by atoms with van der Waals surface area (Å²) < 4.78 is 25.4. The molecule has 2 N–H and O–H groups in total. The van der Waals surface area contributed by atoms with Gasteiger partial charge in [-0.3, -0.25) is 0 Å². The van der Waals surface area contributed by atoms with Crippen molar-refractivity contribution in [3.63, 3.8) is 0 Å². The standard InChI is InChI=1S/C20H18N4O3S/c1-28(26,27)17-5-2-4-15(12-17)18-6-3-7-19-22-20(23-24(18)19)21-16-10-8-14(13-25)9-11-16/h2-12,25H,13H2,1H3,(H,21,23). The number of hydrogen-bond donors (Lipinski definition) is 2. The molecule has 142 valence electrons. The zero-order chi connectivity index (χ0) is 19.7. The van der Waals surface area contributed by atoms with Gasteiger partial charge in [-0.15, -0.1) is 5.10 Å². The van der Waals surface area contributed by atoms with Gasteiger partial charge in [-0.1, -0.05) is 30.3 Å². The van der Waals surface area contributed by atoms with Crippen molar-refractivity contribution in [3.05, 3.63) is 72.3 Å². The van der Waals surface area contributed by atoms with Crippen molar-refractivity contribution in [2.24, 2.45) is 0 Å². The maximum atomic E-state index is 11.9. The molecule has 0 saturated carbocycles. The Morgan fingerprint density at radius 3 is 2.50 bits per heavy atom. The monoisotopic (exact) mass is 394 g/mol. The summed E-state index contributed by atoms with van der Waals surface area (Å²) in [5.74, 6) is 0.420. The van der Waals surface area contributed by atoms with Gasteiger partial charge in [0.1, 0.15) is 0 Å². The van der Waals surface area contributed by atoms with Gasteiger partial charge in [0.25, 0.3) is 0 Å². The molecule has 0 bridgehead atoms. The van der Waals surface area contributed by atoms with E-state index in [0.29, 0.717) is 11.6 Å². The number of aliphatic hydroxyl groups excluding tert-OH is 1. The molecule has 0 aliphatic heterocycles. The van der Waals surface area contributed by atoms with Gasteiger partial charge in [-0.2, -0.15) is 4.98 Å². The summed E-state index contributed by atoms with van der Waals surface area (Å²) in [7, 11) is -3.30. The second-order valence-electron chi connectivity index (χ2n) is 6.40. The maximum absolute atomic E-state index is 11.9. The van der Waals surface area contributed by atoms with E-state index < -0.39 is 9.84 Å². The van der Waals surface area contributed by atoms with Gasteiger partial charge < -0.3 is 10.4 Å². The van der Waals surface area contributed by atoms with Crippen LogP contribution in [0.3, 0.4) is 0 Å². The van der Waals surface area contributed by atoms with Gasteiger partial charge in [0, 0.05) is 17.5 Å². The molecule has 7 nitrogen and oxygen atoms in total. The van der Waals surface area contributed by atoms with Crippen LogP contribution < -0.4 is 5.32 Å². The summed E-state index contributed by atoms with van der Waals surface area (Å²) in [6, 6.07) is 19.6. The van der Waals surface area contributed by atoms with E-state index in [1.807, 2.05) is 48.5 Å². The largest absolute Gasteiger partial charge is 0.392 e. The number of nitrogens with zero attached hydrogens (tertiary/aromatic N) is 3. The van der Waals surface area contributed by atoms with E-state index in [9.17, 15) is 8.42 Å². The first-order valence-corrected chi connectivity index (χ1v) is 10.5. The smallest absolute Gasteiger partial charge is 0.247 e. The van der Waals surface area contributed by atoms with Gasteiger partial charge in [-0.25, -0.2) is 12.9 Å². The highest BCUT2D eigenvalue weighted by atomic mass is 32.2. The first-order valence-electron chi connectivity index (χ1n) is 8.57. The lowest BCUT2D eigenvalue weighted by molar-refractivity contribution is 0.282. The Hall–Kier alpha value is -3.23. The molecule has 4 rings (SSSR count). The van der Waals surface area contributed by atoms with E-state index in [0.717, 1.165) is 22.5 Å². The highest BCUT2D eigenvalue weighted by Crippen LogP contribution is 2.24. The molecule has 2 aromatic heterocycles. The summed E-state index contributed by atoms with van der Waals surface area (Å²) >= 11 is 0. The van der Waals surface area contributed by atoms with E-state index in [1.54, 1.807) is 22.7 Å². The van der Waals surface area contributed by atoms with Crippen molar-refractivity contribution >= 4 is 27.1 Å². The van der Waals surface area contributed by atoms with E-state index in [2.05, 4.69) is 15.4 Å². The maximum Gasteiger partial charge on any atom is 0.247 e. The molecule has 28 heavy (non-hydrogen) atoms. The number of benzene rings is 2. The molecule has 0 unspecified atom stereocenters. The molecule has 0 atom stereocenters. The lowest BCUT2D eigenvalue weighted by atomic mass is 10.1. The predicted octanol–water partition coefficient (Wildman–Crippen LogP) is 3.04. The van der Waals surface area contributed by atoms with Crippen molar-refractivity contribution in [2.45, 2.75) is 11.5 Å². The minimum absolute atomic E-state index is 0.0111. The average molecular weight is 394 g/mol. The molecule has 0 amide bonds. The van der Waals surface area contributed by atoms with Crippen LogP contribution >= 0.6 is 0 Å². The number of fused-ring (bicyclic) bond motifs is 1. The quantitative estimate of drug-likeness (QED) is 0.540. The minimum atomic E-state index is -3.30. The first kappa shape index (κ1) is 18.1. The van der Waals surface area contributed by atoms with Crippen LogP contribution in [0.4, 0.5) is 11.6 Å². The molecule has 0 aliphatic carbocycles. The summed E-state index contributed by atoms with van der Waals surface area (Å²) in [5, 5.41) is 16.8. The van der Waals surface area contributed by atoms with Crippen molar-refractivity contribution in [1.82, 2.24) is 14.6 Å². The Morgan fingerprint density at radius 2 is 1.79 bits per heavy atom. The molecule has 0 fully saturated rings. The lowest BCUT2D eigenvalue weighted by Gasteiger charge is -2.06. The van der Waals surface area contributed by atoms with Gasteiger partial charge in [0.15, 0.2) is 15.5 Å². The summed E-state index contributed by atoms with van der Waals surface area (Å²) in [4.78, 5) is 4.74. The first-order chi connectivity index (χ1) is 13.4. The SMILES string of the molecule is CS(=O)(=O)c1cccc(-c2cccc3nc(Nc4ccc(CO)cc4)nn23)c1. The summed E-state index contributed by atoms with van der Waals surface area (Å²) in [6.45, 7) is -0.0111. The predicted molar refractivity (Wildman–Crippen MR) is 107 cm³/mol. The van der Waals surface area contributed by atoms with E-state index in [4.69, 9.17) is 5.11 Å². The van der Waals surface area contributed by atoms with Gasteiger partial charge in [-0.05, 0) is 42.0 Å². The van der Waals surface area contributed by atoms with Crippen molar-refractivity contribution in [1.29, 1.82) is 0 Å². The van der Waals surface area contributed by atoms with Crippen molar-refractivity contribution in [2.75, 3.05) is 11.6 Å². The topological polar surface area (TPSA) is 96.6 Å². The van der Waals surface area contributed by atoms with Crippen LogP contribution in [0.5, 0.6) is 0 Å². The number of rotatable bonds is 5.